The zero-order valence-corrected chi connectivity index (χ0v) is 19.9. The van der Waals surface area contributed by atoms with Gasteiger partial charge in [0.15, 0.2) is 0 Å². The third-order valence-electron chi connectivity index (χ3n) is 4.73. The fourth-order valence-electron chi connectivity index (χ4n) is 2.97. The normalized spacial score (nSPS) is 11.7. The Labute approximate surface area is 185 Å². The van der Waals surface area contributed by atoms with E-state index < -0.39 is 0 Å². The van der Waals surface area contributed by atoms with Gasteiger partial charge >= 0.3 is 6.03 Å². The summed E-state index contributed by atoms with van der Waals surface area (Å²) in [6.07, 6.45) is 0. The molecule has 8 nitrogen and oxygen atoms in total. The molecule has 2 N–H and O–H groups in total. The summed E-state index contributed by atoms with van der Waals surface area (Å²) in [6.45, 7) is 14.4. The summed E-state index contributed by atoms with van der Waals surface area (Å²) in [5.74, 6) is 0.881. The van der Waals surface area contributed by atoms with Gasteiger partial charge in [-0.25, -0.2) is 9.48 Å². The minimum atomic E-state index is -0.373. The van der Waals surface area contributed by atoms with E-state index in [9.17, 15) is 9.59 Å². The molecule has 0 saturated carbocycles. The maximum atomic E-state index is 12.8. The van der Waals surface area contributed by atoms with Crippen LogP contribution in [0.25, 0.3) is 0 Å². The van der Waals surface area contributed by atoms with Crippen LogP contribution in [0.5, 0.6) is 5.75 Å². The predicted molar refractivity (Wildman–Crippen MR) is 124 cm³/mol. The van der Waals surface area contributed by atoms with E-state index in [-0.39, 0.29) is 29.4 Å². The Morgan fingerprint density at radius 1 is 1.10 bits per heavy atom. The van der Waals surface area contributed by atoms with Gasteiger partial charge in [0, 0.05) is 18.0 Å². The third-order valence-corrected chi connectivity index (χ3v) is 4.73. The van der Waals surface area contributed by atoms with Crippen molar-refractivity contribution >= 4 is 23.4 Å². The molecule has 1 aromatic heterocycles. The number of amides is 3. The highest BCUT2D eigenvalue weighted by molar-refractivity contribution is 5.97. The Kier molecular flexibility index (Phi) is 7.36. The molecule has 170 valence electrons. The van der Waals surface area contributed by atoms with Crippen LogP contribution >= 0.6 is 0 Å². The van der Waals surface area contributed by atoms with E-state index in [2.05, 4.69) is 31.4 Å². The summed E-state index contributed by atoms with van der Waals surface area (Å²) in [7, 11) is 1.54. The van der Waals surface area contributed by atoms with Crippen molar-refractivity contribution < 1.29 is 14.3 Å². The molecule has 0 unspecified atom stereocenters. The topological polar surface area (TPSA) is 88.5 Å². The first kappa shape index (κ1) is 24.2. The lowest BCUT2D eigenvalue weighted by Gasteiger charge is -2.24. The number of anilines is 2. The van der Waals surface area contributed by atoms with Gasteiger partial charge in [-0.2, -0.15) is 5.10 Å². The molecule has 2 aromatic rings. The second-order valence-corrected chi connectivity index (χ2v) is 9.44. The first-order valence-electron chi connectivity index (χ1n) is 10.5. The second kappa shape index (κ2) is 9.41. The fraction of sp³-hybridized carbons (Fsp3) is 0.522. The first-order chi connectivity index (χ1) is 14.4. The van der Waals surface area contributed by atoms with Gasteiger partial charge in [-0.3, -0.25) is 4.79 Å². The molecule has 0 aliphatic carbocycles. The largest absolute Gasteiger partial charge is 0.495 e. The summed E-state index contributed by atoms with van der Waals surface area (Å²) < 4.78 is 7.09. The van der Waals surface area contributed by atoms with E-state index >= 15 is 0 Å². The molecule has 0 atom stereocenters. The maximum absolute atomic E-state index is 12.8. The predicted octanol–water partition coefficient (Wildman–Crippen LogP) is 4.44. The summed E-state index contributed by atoms with van der Waals surface area (Å²) >= 11 is 0. The van der Waals surface area contributed by atoms with Crippen LogP contribution in [-0.2, 0) is 15.7 Å². The number of benzene rings is 1. The Morgan fingerprint density at radius 2 is 1.74 bits per heavy atom. The zero-order valence-electron chi connectivity index (χ0n) is 19.9. The number of methoxy groups -OCH3 is 1. The second-order valence-electron chi connectivity index (χ2n) is 9.44. The lowest BCUT2D eigenvalue weighted by Crippen LogP contribution is -2.41. The van der Waals surface area contributed by atoms with E-state index in [0.29, 0.717) is 23.8 Å². The van der Waals surface area contributed by atoms with Crippen molar-refractivity contribution in [1.82, 2.24) is 14.7 Å². The Bertz CT molecular complexity index is 922. The van der Waals surface area contributed by atoms with Gasteiger partial charge in [0.1, 0.15) is 18.1 Å². The number of para-hydroxylation sites is 2. The van der Waals surface area contributed by atoms with Gasteiger partial charge in [-0.1, -0.05) is 32.9 Å². The van der Waals surface area contributed by atoms with Gasteiger partial charge < -0.3 is 20.3 Å². The number of likely N-dealkylation sites (N-methyl/N-ethyl adjacent to an activating group) is 1. The number of carbonyl (C=O) groups is 2. The number of hydrogen-bond acceptors (Lipinski definition) is 4. The minimum absolute atomic E-state index is 0.0857. The van der Waals surface area contributed by atoms with Crippen LogP contribution in [0.15, 0.2) is 30.3 Å². The van der Waals surface area contributed by atoms with Gasteiger partial charge in [0.2, 0.25) is 5.91 Å². The number of nitrogens with zero attached hydrogens (tertiary/aromatic N) is 3. The molecule has 0 aliphatic rings. The van der Waals surface area contributed by atoms with Crippen LogP contribution in [0.3, 0.4) is 0 Å². The van der Waals surface area contributed by atoms with Crippen molar-refractivity contribution in [3.8, 4) is 5.75 Å². The summed E-state index contributed by atoms with van der Waals surface area (Å²) in [5, 5.41) is 10.4. The quantitative estimate of drug-likeness (QED) is 0.711. The van der Waals surface area contributed by atoms with Gasteiger partial charge in [0.05, 0.1) is 24.0 Å². The van der Waals surface area contributed by atoms with E-state index in [1.165, 1.54) is 4.90 Å². The van der Waals surface area contributed by atoms with Gasteiger partial charge in [-0.15, -0.1) is 0 Å². The molecule has 0 spiro atoms. The Balaban J connectivity index is 2.15. The smallest absolute Gasteiger partial charge is 0.322 e. The lowest BCUT2D eigenvalue weighted by atomic mass is 9.92. The lowest BCUT2D eigenvalue weighted by molar-refractivity contribution is -0.116. The van der Waals surface area contributed by atoms with Crippen LogP contribution in [0.2, 0.25) is 0 Å². The highest BCUT2D eigenvalue weighted by Crippen LogP contribution is 2.28. The van der Waals surface area contributed by atoms with Crippen molar-refractivity contribution in [3.05, 3.63) is 36.0 Å². The molecule has 0 radical (unpaired) electrons. The number of ether oxygens (including phenoxy) is 1. The van der Waals surface area contributed by atoms with Gasteiger partial charge in [-0.05, 0) is 39.8 Å². The van der Waals surface area contributed by atoms with Crippen molar-refractivity contribution in [1.29, 1.82) is 0 Å². The number of nitrogens with one attached hydrogen (secondary N) is 2. The molecule has 2 rings (SSSR count). The average Bonchev–Trinajstić information content (AvgIpc) is 3.11. The minimum Gasteiger partial charge on any atom is -0.495 e. The standard InChI is InChI=1S/C23H35N5O3/c1-9-27(21(30)24-16-12-10-11-13-17(16)31-8)15-20(29)25-19-14-18(22(2,3)4)26-28(19)23(5,6)7/h10-14H,9,15H2,1-8H3,(H,24,30)(H,25,29). The van der Waals surface area contributed by atoms with E-state index in [1.807, 2.05) is 50.6 Å². The molecule has 31 heavy (non-hydrogen) atoms. The van der Waals surface area contributed by atoms with Crippen LogP contribution in [0, 0.1) is 0 Å². The third kappa shape index (κ3) is 6.23. The average molecular weight is 430 g/mol. The zero-order chi connectivity index (χ0) is 23.4. The van der Waals surface area contributed by atoms with Crippen molar-refractivity contribution in [2.75, 3.05) is 30.8 Å². The van der Waals surface area contributed by atoms with Crippen molar-refractivity contribution in [3.63, 3.8) is 0 Å². The molecule has 0 fully saturated rings. The van der Waals surface area contributed by atoms with Crippen LogP contribution in [0.1, 0.15) is 54.2 Å². The molecule has 0 bridgehead atoms. The molecule has 1 heterocycles. The van der Waals surface area contributed by atoms with E-state index in [0.717, 1.165) is 5.69 Å². The van der Waals surface area contributed by atoms with E-state index in [1.54, 1.807) is 19.2 Å². The number of hydrogen-bond donors (Lipinski definition) is 2. The molecular formula is C23H35N5O3. The Morgan fingerprint density at radius 3 is 2.29 bits per heavy atom. The fourth-order valence-corrected chi connectivity index (χ4v) is 2.97. The van der Waals surface area contributed by atoms with Gasteiger partial charge in [0.25, 0.3) is 0 Å². The highest BCUT2D eigenvalue weighted by atomic mass is 16.5. The number of carbonyl (C=O) groups excluding carboxylic acids is 2. The summed E-state index contributed by atoms with van der Waals surface area (Å²) in [6, 6.07) is 8.67. The van der Waals surface area contributed by atoms with Crippen LogP contribution < -0.4 is 15.4 Å². The number of aromatic nitrogens is 2. The SMILES string of the molecule is CCN(CC(=O)Nc1cc(C(C)(C)C)nn1C(C)(C)C)C(=O)Nc1ccccc1OC. The molecular weight excluding hydrogens is 394 g/mol. The van der Waals surface area contributed by atoms with Crippen LogP contribution in [0.4, 0.5) is 16.3 Å². The molecule has 0 saturated heterocycles. The van der Waals surface area contributed by atoms with Crippen molar-refractivity contribution in [2.45, 2.75) is 59.4 Å². The van der Waals surface area contributed by atoms with Crippen LogP contribution in [-0.4, -0.2) is 46.8 Å². The molecule has 3 amide bonds. The number of rotatable bonds is 6. The number of urea groups is 1. The molecule has 0 aliphatic heterocycles. The summed E-state index contributed by atoms with van der Waals surface area (Å²) in [4.78, 5) is 27.0. The highest BCUT2D eigenvalue weighted by Gasteiger charge is 2.26. The maximum Gasteiger partial charge on any atom is 0.322 e. The first-order valence-corrected chi connectivity index (χ1v) is 10.5. The van der Waals surface area contributed by atoms with Crippen molar-refractivity contribution in [2.24, 2.45) is 0 Å². The summed E-state index contributed by atoms with van der Waals surface area (Å²) in [5.41, 5.74) is 0.978. The molecule has 8 heteroatoms. The molecule has 1 aromatic carbocycles. The Hall–Kier alpha value is -3.03. The van der Waals surface area contributed by atoms with E-state index in [4.69, 9.17) is 9.84 Å². The monoisotopic (exact) mass is 429 g/mol.